The van der Waals surface area contributed by atoms with Crippen LogP contribution >= 0.6 is 0 Å². The minimum atomic E-state index is -1.24. The highest BCUT2D eigenvalue weighted by Gasteiger charge is 2.44. The van der Waals surface area contributed by atoms with Crippen LogP contribution in [0, 0.1) is 23.7 Å². The summed E-state index contributed by atoms with van der Waals surface area (Å²) in [5.41, 5.74) is -1.79. The standard InChI is InChI=1S/C40H69N3O6.C22H34.C2H6/c1-8-10-12-14-16-18-20-22-33-48-36(45)27-24-29-40(38(47)41-39(3,4)5,43(35-44)32-26-31-42(6)7)30-25-28-37(46)49-34-23-21-19-17-15-13-11-9-2;1-3-5-7-9-11-13-15-17-19-21-22-20-18-16-14-12-10-8-6-4-2;1-2/h35H,8-17,22-34H2,1-7H3,(H,41,47);5,7-8,10-11,13-14,16-17,19-20,22H,3-4,6,9,12,15,18,21H2,1-2H3;1-2H3/b;7-5-,10-8-,13-11-,16-14-,19-17-,22-20-;. The van der Waals surface area contributed by atoms with Crippen molar-refractivity contribution in [1.29, 1.82) is 0 Å². The van der Waals surface area contributed by atoms with Crippen molar-refractivity contribution in [3.05, 3.63) is 72.9 Å². The van der Waals surface area contributed by atoms with Crippen LogP contribution < -0.4 is 5.32 Å². The second-order valence-electron chi connectivity index (χ2n) is 19.4. The molecule has 73 heavy (non-hydrogen) atoms. The van der Waals surface area contributed by atoms with Crippen LogP contribution in [0.1, 0.15) is 236 Å². The predicted molar refractivity (Wildman–Crippen MR) is 313 cm³/mol. The van der Waals surface area contributed by atoms with Gasteiger partial charge in [-0.05, 0) is 131 Å². The van der Waals surface area contributed by atoms with Gasteiger partial charge in [0.1, 0.15) is 18.8 Å². The van der Waals surface area contributed by atoms with Gasteiger partial charge in [0.25, 0.3) is 0 Å². The maximum atomic E-state index is 14.1. The molecule has 0 aliphatic carbocycles. The smallest absolute Gasteiger partial charge is 0.305 e. The number of nitrogens with zero attached hydrogens (tertiary/aromatic N) is 2. The van der Waals surface area contributed by atoms with E-state index in [2.05, 4.69) is 130 Å². The normalized spacial score (nSPS) is 11.6. The van der Waals surface area contributed by atoms with E-state index in [9.17, 15) is 19.2 Å². The van der Waals surface area contributed by atoms with E-state index in [-0.39, 0.29) is 56.7 Å². The third kappa shape index (κ3) is 50.7. The van der Waals surface area contributed by atoms with E-state index >= 15 is 0 Å². The molecule has 0 unspecified atom stereocenters. The Morgan fingerprint density at radius 2 is 0.918 bits per heavy atom. The number of ether oxygens (including phenoxy) is 2. The predicted octanol–water partition coefficient (Wildman–Crippen LogP) is 15.7. The molecule has 2 amide bonds. The fraction of sp³-hybridized carbons (Fsp3) is 0.688. The minimum Gasteiger partial charge on any atom is -0.465 e. The highest BCUT2D eigenvalue weighted by molar-refractivity contribution is 5.89. The molecule has 0 aliphatic rings. The van der Waals surface area contributed by atoms with Gasteiger partial charge in [-0.2, -0.15) is 0 Å². The molecule has 9 heteroatoms. The average molecular weight is 1020 g/mol. The summed E-state index contributed by atoms with van der Waals surface area (Å²) in [7, 11) is 3.92. The molecule has 0 aromatic heterocycles. The first-order valence-corrected chi connectivity index (χ1v) is 28.6. The van der Waals surface area contributed by atoms with Crippen molar-refractivity contribution >= 4 is 24.3 Å². The molecule has 0 saturated carbocycles. The SMILES string of the molecule is CC.CC/C=C\C/C=C\C/C=C\C/C=C\C/C=C\C/C=C\CCC.CCCCCCC#CCCOC(=O)CCCC(CCCC(=O)OCCC#CCCCCCC)(C(=O)NC(C)(C)C)N(C=O)CCCN(C)C. The molecule has 1 N–H and O–H groups in total. The maximum absolute atomic E-state index is 14.1. The largest absolute Gasteiger partial charge is 0.465 e. The number of carbonyl (C=O) groups is 4. The van der Waals surface area contributed by atoms with Crippen molar-refractivity contribution in [3.63, 3.8) is 0 Å². The third-order valence-corrected chi connectivity index (χ3v) is 11.1. The number of hydrogen-bond donors (Lipinski definition) is 1. The van der Waals surface area contributed by atoms with Gasteiger partial charge < -0.3 is 24.6 Å². The van der Waals surface area contributed by atoms with Gasteiger partial charge in [-0.1, -0.05) is 171 Å². The second-order valence-corrected chi connectivity index (χ2v) is 19.4. The Morgan fingerprint density at radius 3 is 1.29 bits per heavy atom. The molecule has 0 aromatic carbocycles. The fourth-order valence-corrected chi connectivity index (χ4v) is 7.22. The van der Waals surface area contributed by atoms with Gasteiger partial charge in [-0.15, -0.1) is 11.8 Å². The van der Waals surface area contributed by atoms with Crippen molar-refractivity contribution in [2.24, 2.45) is 0 Å². The molecular weight excluding hydrogens is 907 g/mol. The summed E-state index contributed by atoms with van der Waals surface area (Å²) in [4.78, 5) is 55.5. The van der Waals surface area contributed by atoms with Crippen molar-refractivity contribution in [2.45, 2.75) is 247 Å². The fourth-order valence-electron chi connectivity index (χ4n) is 7.22. The summed E-state index contributed by atoms with van der Waals surface area (Å²) in [6, 6.07) is 0. The number of nitrogens with one attached hydrogen (secondary N) is 1. The van der Waals surface area contributed by atoms with Crippen molar-refractivity contribution in [1.82, 2.24) is 15.1 Å². The van der Waals surface area contributed by atoms with Crippen LogP contribution in [0.5, 0.6) is 0 Å². The number of carbonyl (C=O) groups excluding carboxylic acids is 4. The van der Waals surface area contributed by atoms with E-state index in [0.29, 0.717) is 38.6 Å². The van der Waals surface area contributed by atoms with Crippen molar-refractivity contribution in [3.8, 4) is 23.7 Å². The average Bonchev–Trinajstić information content (AvgIpc) is 3.36. The van der Waals surface area contributed by atoms with Gasteiger partial charge in [0.2, 0.25) is 12.3 Å². The van der Waals surface area contributed by atoms with Crippen LogP contribution in [0.25, 0.3) is 0 Å². The van der Waals surface area contributed by atoms with Crippen molar-refractivity contribution < 1.29 is 28.7 Å². The zero-order chi connectivity index (χ0) is 54.9. The van der Waals surface area contributed by atoms with Gasteiger partial charge in [0.15, 0.2) is 0 Å². The van der Waals surface area contributed by atoms with E-state index in [0.717, 1.165) is 77.2 Å². The highest BCUT2D eigenvalue weighted by Crippen LogP contribution is 2.30. The number of esters is 2. The Morgan fingerprint density at radius 1 is 0.507 bits per heavy atom. The number of unbranched alkanes of at least 4 members (excludes halogenated alkanes) is 9. The lowest BCUT2D eigenvalue weighted by molar-refractivity contribution is -0.147. The summed E-state index contributed by atoms with van der Waals surface area (Å²) < 4.78 is 10.8. The van der Waals surface area contributed by atoms with Crippen LogP contribution in [0.3, 0.4) is 0 Å². The van der Waals surface area contributed by atoms with E-state index in [1.54, 1.807) is 4.90 Å². The topological polar surface area (TPSA) is 105 Å². The first-order chi connectivity index (χ1) is 35.3. The lowest BCUT2D eigenvalue weighted by Gasteiger charge is -2.43. The molecule has 0 aromatic rings. The van der Waals surface area contributed by atoms with E-state index in [1.165, 1.54) is 51.4 Å². The van der Waals surface area contributed by atoms with Crippen LogP contribution in [-0.4, -0.2) is 85.5 Å². The number of hydrogen-bond acceptors (Lipinski definition) is 7. The Hall–Kier alpha value is -4.60. The zero-order valence-electron chi connectivity index (χ0n) is 48.8. The van der Waals surface area contributed by atoms with Crippen LogP contribution in [0.4, 0.5) is 0 Å². The lowest BCUT2D eigenvalue weighted by Crippen LogP contribution is -2.61. The van der Waals surface area contributed by atoms with E-state index in [4.69, 9.17) is 9.47 Å². The van der Waals surface area contributed by atoms with E-state index < -0.39 is 11.1 Å². The Kier molecular flexibility index (Phi) is 54.9. The first-order valence-electron chi connectivity index (χ1n) is 28.6. The summed E-state index contributed by atoms with van der Waals surface area (Å²) in [5.74, 6) is 11.4. The molecule has 416 valence electrons. The molecule has 0 atom stereocenters. The lowest BCUT2D eigenvalue weighted by atomic mass is 9.83. The van der Waals surface area contributed by atoms with Crippen molar-refractivity contribution in [2.75, 3.05) is 40.4 Å². The third-order valence-electron chi connectivity index (χ3n) is 11.1. The Labute approximate surface area is 450 Å². The highest BCUT2D eigenvalue weighted by atomic mass is 16.5. The summed E-state index contributed by atoms with van der Waals surface area (Å²) >= 11 is 0. The summed E-state index contributed by atoms with van der Waals surface area (Å²) in [6.07, 6.45) is 50.5. The monoisotopic (exact) mass is 1020 g/mol. The second kappa shape index (κ2) is 55.2. The molecule has 0 fully saturated rings. The summed E-state index contributed by atoms with van der Waals surface area (Å²) in [6.45, 7) is 20.0. The van der Waals surface area contributed by atoms with Gasteiger partial charge in [-0.25, -0.2) is 0 Å². The molecule has 0 rings (SSSR count). The Bertz CT molecular complexity index is 1590. The molecule has 0 saturated heterocycles. The van der Waals surface area contributed by atoms with Crippen LogP contribution in [0.15, 0.2) is 72.9 Å². The quantitative estimate of drug-likeness (QED) is 0.0214. The number of rotatable bonds is 40. The molecular formula is C64H109N3O6. The number of allylic oxidation sites excluding steroid dienone is 12. The zero-order valence-corrected chi connectivity index (χ0v) is 48.8. The summed E-state index contributed by atoms with van der Waals surface area (Å²) in [5, 5.41) is 3.08. The molecule has 0 heterocycles. The Balaban J connectivity index is -0.00000170. The molecule has 0 spiro atoms. The van der Waals surface area contributed by atoms with Gasteiger partial charge in [0, 0.05) is 50.6 Å². The van der Waals surface area contributed by atoms with Crippen LogP contribution in [-0.2, 0) is 28.7 Å². The molecule has 0 bridgehead atoms. The van der Waals surface area contributed by atoms with Gasteiger partial charge in [-0.3, -0.25) is 19.2 Å². The van der Waals surface area contributed by atoms with Gasteiger partial charge in [0.05, 0.1) is 0 Å². The number of amides is 2. The van der Waals surface area contributed by atoms with Gasteiger partial charge >= 0.3 is 11.9 Å². The molecule has 0 aliphatic heterocycles. The maximum Gasteiger partial charge on any atom is 0.305 e. The minimum absolute atomic E-state index is 0.112. The van der Waals surface area contributed by atoms with E-state index in [1.807, 2.05) is 53.6 Å². The van der Waals surface area contributed by atoms with Crippen LogP contribution in [0.2, 0.25) is 0 Å². The molecule has 0 radical (unpaired) electrons. The first kappa shape index (κ1) is 72.6. The molecule has 9 nitrogen and oxygen atoms in total.